The summed E-state index contributed by atoms with van der Waals surface area (Å²) in [5.41, 5.74) is 2.13. The molecule has 1 saturated heterocycles. The number of halogens is 1. The number of hydrogen-bond acceptors (Lipinski definition) is 6. The maximum absolute atomic E-state index is 13.2. The molecule has 0 unspecified atom stereocenters. The van der Waals surface area contributed by atoms with Crippen molar-refractivity contribution in [2.45, 2.75) is 17.6 Å². The second-order valence-corrected chi connectivity index (χ2v) is 10.7. The van der Waals surface area contributed by atoms with Crippen LogP contribution in [-0.4, -0.2) is 84.0 Å². The van der Waals surface area contributed by atoms with Crippen LogP contribution in [0, 0.1) is 0 Å². The van der Waals surface area contributed by atoms with Crippen molar-refractivity contribution in [3.05, 3.63) is 64.7 Å². The molecular weight excluding hydrogens is 494 g/mol. The lowest BCUT2D eigenvalue weighted by atomic mass is 10.1. The van der Waals surface area contributed by atoms with Crippen LogP contribution in [-0.2, 0) is 26.2 Å². The summed E-state index contributed by atoms with van der Waals surface area (Å²) in [4.78, 5) is 29.0. The molecule has 2 N–H and O–H groups in total. The van der Waals surface area contributed by atoms with Crippen molar-refractivity contribution < 1.29 is 23.1 Å². The van der Waals surface area contributed by atoms with E-state index in [1.807, 2.05) is 12.1 Å². The monoisotopic (exact) mass is 517 g/mol. The van der Waals surface area contributed by atoms with Crippen LogP contribution in [0.5, 0.6) is 0 Å². The molecule has 4 rings (SSSR count). The summed E-state index contributed by atoms with van der Waals surface area (Å²) in [5, 5.41) is 16.5. The third-order valence-electron chi connectivity index (χ3n) is 5.62. The highest BCUT2D eigenvalue weighted by atomic mass is 35.5. The highest BCUT2D eigenvalue weighted by molar-refractivity contribution is 7.89. The van der Waals surface area contributed by atoms with E-state index in [-0.39, 0.29) is 18.1 Å². The first kappa shape index (κ1) is 24.7. The number of carboxylic acid groups (broad SMARTS) is 1. The van der Waals surface area contributed by atoms with E-state index in [4.69, 9.17) is 11.6 Å². The first-order chi connectivity index (χ1) is 16.5. The van der Waals surface area contributed by atoms with Gasteiger partial charge in [-0.1, -0.05) is 35.9 Å². The van der Waals surface area contributed by atoms with Gasteiger partial charge in [0.2, 0.25) is 5.91 Å². The number of hydrogen-bond donors (Lipinski definition) is 2. The summed E-state index contributed by atoms with van der Waals surface area (Å²) in [5.74, 6) is -1.87. The zero-order chi connectivity index (χ0) is 25.3. The molecule has 1 aliphatic heterocycles. The Kier molecular flexibility index (Phi) is 6.84. The lowest BCUT2D eigenvalue weighted by Crippen LogP contribution is -2.60. The molecule has 3 aromatic rings. The van der Waals surface area contributed by atoms with Gasteiger partial charge in [0, 0.05) is 43.1 Å². The third kappa shape index (κ3) is 5.31. The molecule has 2 aromatic carbocycles. The molecule has 1 atom stereocenters. The summed E-state index contributed by atoms with van der Waals surface area (Å²) in [7, 11) is -0.543. The minimum absolute atomic E-state index is 0.0413. The highest BCUT2D eigenvalue weighted by Crippen LogP contribution is 2.26. The number of fused-ring (bicyclic) bond motifs is 1. The topological polar surface area (TPSA) is 126 Å². The van der Waals surface area contributed by atoms with Crippen LogP contribution in [0.15, 0.2) is 58.7 Å². The molecule has 10 nitrogen and oxygen atoms in total. The Morgan fingerprint density at radius 2 is 1.94 bits per heavy atom. The minimum atomic E-state index is -4.15. The number of carbonyl (C=O) groups is 2. The van der Waals surface area contributed by atoms with Crippen LogP contribution < -0.4 is 0 Å². The van der Waals surface area contributed by atoms with Crippen molar-refractivity contribution in [1.29, 1.82) is 0 Å². The maximum Gasteiger partial charge on any atom is 0.327 e. The Hall–Kier alpha value is -3.41. The number of sulfonamides is 1. The lowest BCUT2D eigenvalue weighted by Gasteiger charge is -2.38. The molecule has 12 heteroatoms. The molecule has 2 heterocycles. The Balaban J connectivity index is 1.55. The van der Waals surface area contributed by atoms with Gasteiger partial charge in [0.1, 0.15) is 11.1 Å². The predicted molar refractivity (Wildman–Crippen MR) is 132 cm³/mol. The fourth-order valence-electron chi connectivity index (χ4n) is 3.81. The van der Waals surface area contributed by atoms with E-state index in [2.05, 4.69) is 10.1 Å². The third-order valence-corrected chi connectivity index (χ3v) is 7.58. The number of aromatic amines is 1. The molecule has 1 aromatic heterocycles. The largest absolute Gasteiger partial charge is 0.480 e. The molecule has 35 heavy (non-hydrogen) atoms. The highest BCUT2D eigenvalue weighted by Gasteiger charge is 2.42. The number of aliphatic carboxylic acids is 1. The Labute approximate surface area is 207 Å². The average molecular weight is 518 g/mol. The van der Waals surface area contributed by atoms with Gasteiger partial charge in [0.25, 0.3) is 10.0 Å². The van der Waals surface area contributed by atoms with Gasteiger partial charge in [-0.3, -0.25) is 4.79 Å². The molecule has 0 aliphatic carbocycles. The van der Waals surface area contributed by atoms with Gasteiger partial charge < -0.3 is 20.0 Å². The summed E-state index contributed by atoms with van der Waals surface area (Å²) in [6.07, 6.45) is 1.68. The number of H-pyrrole nitrogens is 1. The zero-order valence-corrected chi connectivity index (χ0v) is 20.6. The number of nitrogens with one attached hydrogen (secondary N) is 1. The predicted octanol–water partition coefficient (Wildman–Crippen LogP) is 2.20. The Morgan fingerprint density at radius 1 is 1.23 bits per heavy atom. The molecule has 184 valence electrons. The number of benzene rings is 2. The number of aromatic nitrogens is 1. The number of nitrogens with zero attached hydrogens (tertiary/aromatic N) is 4. The SMILES string of the molecule is CN(C)N=Cc1ccc(CN2C(=O)CN(S(=O)(=O)c3cc4cc(Cl)ccc4[nH]3)C[C@@H]2C(=O)O)cc1. The number of piperazine rings is 1. The van der Waals surface area contributed by atoms with Crippen LogP contribution in [0.3, 0.4) is 0 Å². The quantitative estimate of drug-likeness (QED) is 0.365. The van der Waals surface area contributed by atoms with E-state index in [1.54, 1.807) is 55.7 Å². The van der Waals surface area contributed by atoms with Crippen LogP contribution in [0.2, 0.25) is 5.02 Å². The number of rotatable bonds is 7. The molecule has 1 aliphatic rings. The van der Waals surface area contributed by atoms with Gasteiger partial charge >= 0.3 is 5.97 Å². The summed E-state index contributed by atoms with van der Waals surface area (Å²) < 4.78 is 27.4. The van der Waals surface area contributed by atoms with E-state index >= 15 is 0 Å². The van der Waals surface area contributed by atoms with Crippen molar-refractivity contribution in [1.82, 2.24) is 19.2 Å². The normalized spacial score (nSPS) is 17.4. The second-order valence-electron chi connectivity index (χ2n) is 8.37. The van der Waals surface area contributed by atoms with Gasteiger partial charge in [-0.15, -0.1) is 0 Å². The van der Waals surface area contributed by atoms with E-state index < -0.39 is 34.5 Å². The zero-order valence-electron chi connectivity index (χ0n) is 19.1. The molecule has 1 amide bonds. The molecular formula is C23H24ClN5O5S. The van der Waals surface area contributed by atoms with E-state index in [1.165, 1.54) is 11.0 Å². The summed E-state index contributed by atoms with van der Waals surface area (Å²) >= 11 is 5.99. The van der Waals surface area contributed by atoms with Crippen LogP contribution in [0.25, 0.3) is 10.9 Å². The summed E-state index contributed by atoms with van der Waals surface area (Å²) in [6, 6.07) is 12.2. The van der Waals surface area contributed by atoms with Crippen molar-refractivity contribution in [2.24, 2.45) is 5.10 Å². The Bertz CT molecular complexity index is 1400. The molecule has 0 spiro atoms. The second kappa shape index (κ2) is 9.68. The number of hydrazone groups is 1. The van der Waals surface area contributed by atoms with Crippen LogP contribution in [0.4, 0.5) is 0 Å². The van der Waals surface area contributed by atoms with E-state index in [0.29, 0.717) is 15.9 Å². The van der Waals surface area contributed by atoms with Gasteiger partial charge in [0.05, 0.1) is 12.8 Å². The van der Waals surface area contributed by atoms with Gasteiger partial charge in [-0.2, -0.15) is 9.41 Å². The van der Waals surface area contributed by atoms with Crippen molar-refractivity contribution in [3.63, 3.8) is 0 Å². The van der Waals surface area contributed by atoms with Crippen LogP contribution >= 0.6 is 11.6 Å². The van der Waals surface area contributed by atoms with E-state index in [0.717, 1.165) is 15.4 Å². The molecule has 0 radical (unpaired) electrons. The number of carboxylic acids is 1. The average Bonchev–Trinajstić information content (AvgIpc) is 3.23. The van der Waals surface area contributed by atoms with Crippen molar-refractivity contribution in [3.8, 4) is 0 Å². The first-order valence-corrected chi connectivity index (χ1v) is 12.5. The Morgan fingerprint density at radius 3 is 2.60 bits per heavy atom. The number of amides is 1. The standard InChI is InChI=1S/C23H24ClN5O5S/c1-27(2)25-11-15-3-5-16(6-4-15)12-29-20(23(31)32)13-28(14-22(29)30)35(33,34)21-10-17-9-18(24)7-8-19(17)26-21/h3-11,20,26H,12-14H2,1-2H3,(H,31,32)/t20-/m1/s1. The maximum atomic E-state index is 13.2. The van der Waals surface area contributed by atoms with Gasteiger partial charge in [0.15, 0.2) is 0 Å². The van der Waals surface area contributed by atoms with Gasteiger partial charge in [-0.05, 0) is 35.4 Å². The fourth-order valence-corrected chi connectivity index (χ4v) is 5.40. The molecule has 0 saturated carbocycles. The summed E-state index contributed by atoms with van der Waals surface area (Å²) in [6.45, 7) is -0.789. The molecule has 1 fully saturated rings. The fraction of sp³-hybridized carbons (Fsp3) is 0.261. The smallest absolute Gasteiger partial charge is 0.327 e. The van der Waals surface area contributed by atoms with E-state index in [9.17, 15) is 23.1 Å². The minimum Gasteiger partial charge on any atom is -0.480 e. The van der Waals surface area contributed by atoms with Crippen molar-refractivity contribution >= 4 is 50.6 Å². The van der Waals surface area contributed by atoms with Crippen molar-refractivity contribution in [2.75, 3.05) is 27.2 Å². The molecule has 0 bridgehead atoms. The van der Waals surface area contributed by atoms with Crippen LogP contribution in [0.1, 0.15) is 11.1 Å². The lowest BCUT2D eigenvalue weighted by molar-refractivity contribution is -0.154. The number of carbonyl (C=O) groups excluding carboxylic acids is 1. The van der Waals surface area contributed by atoms with Gasteiger partial charge in [-0.25, -0.2) is 13.2 Å². The first-order valence-electron chi connectivity index (χ1n) is 10.7.